The van der Waals surface area contributed by atoms with Gasteiger partial charge in [-0.3, -0.25) is 0 Å². The zero-order chi connectivity index (χ0) is 4.28. The molecule has 0 unspecified atom stereocenters. The lowest BCUT2D eigenvalue weighted by Gasteiger charge is -1.69. The van der Waals surface area contributed by atoms with Crippen molar-refractivity contribution < 1.29 is 5.03 Å². The van der Waals surface area contributed by atoms with Crippen LogP contribution in [0.1, 0.15) is 0 Å². The van der Waals surface area contributed by atoms with Crippen LogP contribution in [-0.4, -0.2) is 11.2 Å². The van der Waals surface area contributed by atoms with Crippen molar-refractivity contribution in [1.82, 2.24) is 0 Å². The quantitative estimate of drug-likeness (QED) is 0.451. The van der Waals surface area contributed by atoms with E-state index in [1.807, 2.05) is 22.4 Å². The summed E-state index contributed by atoms with van der Waals surface area (Å²) in [6.07, 6.45) is 0. The van der Waals surface area contributed by atoms with Crippen molar-refractivity contribution in [3.8, 4) is 0 Å². The van der Waals surface area contributed by atoms with E-state index in [0.29, 0.717) is 0 Å². The summed E-state index contributed by atoms with van der Waals surface area (Å²) in [4.78, 5) is 0. The first-order chi connectivity index (χ1) is 2.27. The normalized spacial score (nSPS) is 10.0. The van der Waals surface area contributed by atoms with Crippen molar-refractivity contribution in [3.05, 3.63) is 0 Å². The highest BCUT2D eigenvalue weighted by molar-refractivity contribution is 14.1. The van der Waals surface area contributed by atoms with Crippen LogP contribution in [0.25, 0.3) is 0 Å². The Bertz CT molecular complexity index is 25.6. The Morgan fingerprint density at radius 2 is 2.75 bits per heavy atom. The summed E-state index contributed by atoms with van der Waals surface area (Å²) in [7, 11) is 0. The van der Waals surface area contributed by atoms with Gasteiger partial charge in [-0.05, 0) is 6.82 Å². The first-order valence-corrected chi connectivity index (χ1v) is 2.28. The molecule has 0 aromatic rings. The summed E-state index contributed by atoms with van der Waals surface area (Å²) in [5.41, 5.74) is 0. The Kier molecular flexibility index (Phi) is 1.50. The van der Waals surface area contributed by atoms with Gasteiger partial charge in [0.1, 0.15) is 0 Å². The van der Waals surface area contributed by atoms with E-state index in [2.05, 4.69) is 5.03 Å². The van der Waals surface area contributed by atoms with Gasteiger partial charge in [0.05, 0.1) is 0 Å². The molecular formula is CH4BIO. The fraction of sp³-hybridized carbons (Fsp3) is 1.00. The molecule has 0 aromatic carbocycles. The van der Waals surface area contributed by atoms with Gasteiger partial charge in [0, 0.05) is 0 Å². The molecule has 0 amide bonds. The molecule has 0 rings (SSSR count). The predicted octanol–water partition coefficient (Wildman–Crippen LogP) is 0.532. The highest BCUT2D eigenvalue weighted by atomic mass is 127. The Hall–Kier alpha value is 0.755. The number of rotatable bonds is 1. The average molecular weight is 172 g/mol. The molecule has 0 fully saturated rings. The number of hydrogen-bond donors (Lipinski definition) is 1. The van der Waals surface area contributed by atoms with Crippen molar-refractivity contribution in [2.24, 2.45) is 0 Å². The zero-order valence-corrected chi connectivity index (χ0v) is 4.52. The maximum Gasteiger partial charge on any atom is 0.359 e. The highest BCUT2D eigenvalue weighted by Gasteiger charge is 1.84. The number of hydrogen-bond acceptors (Lipinski definition) is 1. The van der Waals surface area contributed by atoms with Crippen LogP contribution in [0.4, 0.5) is 0 Å². The largest absolute Gasteiger partial charge is 0.442 e. The van der Waals surface area contributed by atoms with Gasteiger partial charge >= 0.3 is 4.77 Å². The van der Waals surface area contributed by atoms with E-state index >= 15 is 0 Å². The predicted molar refractivity (Wildman–Crippen MR) is 27.9 cm³/mol. The second-order valence-electron chi connectivity index (χ2n) is 0.543. The van der Waals surface area contributed by atoms with Crippen molar-refractivity contribution in [2.75, 3.05) is 0 Å². The number of halogens is 1. The summed E-state index contributed by atoms with van der Waals surface area (Å²) in [6.45, 7) is 1.80. The topological polar surface area (TPSA) is 20.2 Å². The highest BCUT2D eigenvalue weighted by Crippen LogP contribution is 1.81. The van der Waals surface area contributed by atoms with Gasteiger partial charge in [0.15, 0.2) is 1.43 Å². The molecule has 24 valence electrons. The molecule has 0 heterocycles. The van der Waals surface area contributed by atoms with Crippen LogP contribution in [0.3, 0.4) is 0 Å². The third-order valence-corrected chi connectivity index (χ3v) is 0. The molecule has 0 aliphatic carbocycles. The van der Waals surface area contributed by atoms with E-state index < -0.39 is 0 Å². The first-order valence-electron chi connectivity index (χ1n) is 1.44. The van der Waals surface area contributed by atoms with Gasteiger partial charge < -0.3 is 5.03 Å². The molecule has 0 bridgehead atoms. The van der Waals surface area contributed by atoms with E-state index in [9.17, 15) is 0 Å². The van der Waals surface area contributed by atoms with Crippen molar-refractivity contribution in [3.63, 3.8) is 0 Å². The molecule has 0 atom stereocenters. The molecule has 0 aromatic heterocycles. The lowest BCUT2D eigenvalue weighted by atomic mass is 10.1. The van der Waals surface area contributed by atoms with E-state index in [0.717, 1.165) is 0 Å². The Morgan fingerprint density at radius 3 is 2.75 bits per heavy atom. The van der Waals surface area contributed by atoms with Crippen LogP contribution in [0.15, 0.2) is 0 Å². The van der Waals surface area contributed by atoms with E-state index in [-0.39, 0.29) is 4.77 Å². The molecule has 0 radical (unpaired) electrons. The van der Waals surface area contributed by atoms with Gasteiger partial charge in [-0.2, -0.15) is 0 Å². The fourth-order valence-corrected chi connectivity index (χ4v) is 0. The van der Waals surface area contributed by atoms with Gasteiger partial charge in [-0.25, -0.2) is 0 Å². The van der Waals surface area contributed by atoms with Crippen LogP contribution in [0, 0.1) is 0 Å². The van der Waals surface area contributed by atoms with Gasteiger partial charge in [0.2, 0.25) is 0 Å². The average Bonchev–Trinajstić information content (AvgIpc) is 1.38. The monoisotopic (exact) mass is 172 g/mol. The minimum Gasteiger partial charge on any atom is -0.442 e. The molecule has 0 spiro atoms. The standard InChI is InChI=1S/CH4BIO/c1-2(3)4/h4H,1H3/i4T. The summed E-state index contributed by atoms with van der Waals surface area (Å²) in [5, 5.41) is 3.99. The third kappa shape index (κ3) is 14.9. The summed E-state index contributed by atoms with van der Waals surface area (Å²) in [5.74, 6) is 0. The van der Waals surface area contributed by atoms with Crippen LogP contribution in [0.5, 0.6) is 0 Å². The van der Waals surface area contributed by atoms with Gasteiger partial charge in [-0.1, -0.05) is 0 Å². The third-order valence-electron chi connectivity index (χ3n) is 0. The maximum atomic E-state index is 6.15. The Morgan fingerprint density at radius 1 is 2.50 bits per heavy atom. The fourth-order valence-electron chi connectivity index (χ4n) is 0. The maximum absolute atomic E-state index is 6.15. The molecule has 1 N–H and O–H groups in total. The molecule has 0 saturated carbocycles. The summed E-state index contributed by atoms with van der Waals surface area (Å²) >= 11 is 2.00. The summed E-state index contributed by atoms with van der Waals surface area (Å²) in [6, 6.07) is 0. The first kappa shape index (κ1) is 2.97. The second kappa shape index (κ2) is 2.02. The molecular weight excluding hydrogens is 166 g/mol. The molecule has 1 nitrogen and oxygen atoms in total. The van der Waals surface area contributed by atoms with Crippen LogP contribution in [-0.2, 0) is 0 Å². The lowest BCUT2D eigenvalue weighted by molar-refractivity contribution is 0.606. The SMILES string of the molecule is [3H]OB(C)I. The minimum atomic E-state index is 0.0209. The van der Waals surface area contributed by atoms with Crippen molar-refractivity contribution >= 4 is 27.1 Å². The van der Waals surface area contributed by atoms with E-state index in [4.69, 9.17) is 1.43 Å². The minimum absolute atomic E-state index is 0.0209. The van der Waals surface area contributed by atoms with Crippen LogP contribution in [0.2, 0.25) is 6.82 Å². The summed E-state index contributed by atoms with van der Waals surface area (Å²) < 4.78 is 6.17. The van der Waals surface area contributed by atoms with Crippen molar-refractivity contribution in [2.45, 2.75) is 6.82 Å². The van der Waals surface area contributed by atoms with E-state index in [1.54, 1.807) is 6.82 Å². The van der Waals surface area contributed by atoms with Gasteiger partial charge in [0.25, 0.3) is 0 Å². The second-order valence-corrected chi connectivity index (χ2v) is 2.30. The van der Waals surface area contributed by atoms with Gasteiger partial charge in [-0.15, -0.1) is 22.4 Å². The van der Waals surface area contributed by atoms with Crippen molar-refractivity contribution in [1.29, 1.82) is 1.43 Å². The lowest BCUT2D eigenvalue weighted by Crippen LogP contribution is -1.86. The molecule has 4 heavy (non-hydrogen) atoms. The Balaban J connectivity index is 2.54. The molecule has 0 aliphatic rings. The zero-order valence-electron chi connectivity index (χ0n) is 3.36. The molecule has 3 heteroatoms. The molecule has 0 saturated heterocycles. The van der Waals surface area contributed by atoms with E-state index in [1.165, 1.54) is 0 Å². The van der Waals surface area contributed by atoms with Crippen LogP contribution >= 0.6 is 22.4 Å². The smallest absolute Gasteiger partial charge is 0.359 e. The molecule has 0 aliphatic heterocycles. The Labute approximate surface area is 40.9 Å². The van der Waals surface area contributed by atoms with Crippen LogP contribution < -0.4 is 0 Å².